The fraction of sp³-hybridized carbons (Fsp3) is 0. The molecule has 0 saturated carbocycles. The molecule has 0 aliphatic heterocycles. The van der Waals surface area contributed by atoms with Gasteiger partial charge in [0.25, 0.3) is 0 Å². The van der Waals surface area contributed by atoms with Crippen LogP contribution in [0.5, 0.6) is 0 Å². The van der Waals surface area contributed by atoms with Crippen LogP contribution >= 0.6 is 0 Å². The van der Waals surface area contributed by atoms with Crippen LogP contribution in [0.2, 0.25) is 0 Å². The molecule has 1 rings (SSSR count). The first kappa shape index (κ1) is 1.86. The van der Waals surface area contributed by atoms with Crippen LogP contribution in [0.3, 0.4) is 0 Å². The summed E-state index contributed by atoms with van der Waals surface area (Å²) in [6.45, 7) is 0. The fourth-order valence-corrected chi connectivity index (χ4v) is 0.322. The lowest BCUT2D eigenvalue weighted by molar-refractivity contribution is 1.69. The summed E-state index contributed by atoms with van der Waals surface area (Å²) in [4.78, 5) is 0. The zero-order valence-electron chi connectivity index (χ0n) is 6.73. The lowest BCUT2D eigenvalue weighted by Crippen LogP contribution is -1.79. The Morgan fingerprint density at radius 2 is 2.00 bits per heavy atom. The summed E-state index contributed by atoms with van der Waals surface area (Å²) in [5.41, 5.74) is 5.43. The lowest BCUT2D eigenvalue weighted by Gasteiger charge is -1.83. The van der Waals surface area contributed by atoms with E-state index >= 15 is 0 Å². The molecule has 36 valence electrons. The van der Waals surface area contributed by atoms with Crippen LogP contribution in [0.15, 0.2) is 30.3 Å². The zero-order chi connectivity index (χ0) is 7.72. The highest BCUT2D eigenvalue weighted by Crippen LogP contribution is 1.95. The molecule has 0 aliphatic carbocycles. The van der Waals surface area contributed by atoms with Crippen LogP contribution in [-0.4, -0.2) is 0 Å². The topological polar surface area (TPSA) is 26.0 Å². The Balaban J connectivity index is 3.31. The van der Waals surface area contributed by atoms with E-state index in [4.69, 9.17) is 9.85 Å². The minimum Gasteiger partial charge on any atom is -0.399 e. The second kappa shape index (κ2) is 1.65. The molecule has 0 bridgehead atoms. The van der Waals surface area contributed by atoms with Crippen molar-refractivity contribution in [2.75, 3.05) is 5.73 Å². The molecular weight excluding hydrogens is 88.1 g/mol. The van der Waals surface area contributed by atoms with E-state index in [0.717, 1.165) is 0 Å². The minimum absolute atomic E-state index is 0.0532. The van der Waals surface area contributed by atoms with Crippen molar-refractivity contribution in [1.29, 1.82) is 0 Å². The molecule has 0 unspecified atom stereocenters. The first-order valence-electron chi connectivity index (χ1n) is 3.44. The Morgan fingerprint density at radius 3 is 2.57 bits per heavy atom. The van der Waals surface area contributed by atoms with Crippen LogP contribution in [0, 0.1) is 0 Å². The van der Waals surface area contributed by atoms with Crippen LogP contribution in [0.1, 0.15) is 4.11 Å². The smallest absolute Gasteiger partial charge is 0.0644 e. The van der Waals surface area contributed by atoms with E-state index in [9.17, 15) is 0 Å². The van der Waals surface area contributed by atoms with Gasteiger partial charge in [-0.15, -0.1) is 0 Å². The van der Waals surface area contributed by atoms with Gasteiger partial charge in [0, 0.05) is 5.69 Å². The van der Waals surface area contributed by atoms with Crippen LogP contribution in [0.25, 0.3) is 0 Å². The van der Waals surface area contributed by atoms with Crippen molar-refractivity contribution in [3.63, 3.8) is 0 Å². The van der Waals surface area contributed by atoms with Gasteiger partial charge in [-0.3, -0.25) is 0 Å². The molecule has 0 aromatic heterocycles. The third-order valence-corrected chi connectivity index (χ3v) is 0.622. The SMILES string of the molecule is [2H]c1[13cH]c([2H])c(N)c([2H])[13cH]1. The highest BCUT2D eigenvalue weighted by molar-refractivity contribution is 5.35. The summed E-state index contributed by atoms with van der Waals surface area (Å²) in [7, 11) is 0. The fourth-order valence-electron chi connectivity index (χ4n) is 0.322. The second-order valence-corrected chi connectivity index (χ2v) is 1.16. The average molecular weight is 98.1 g/mol. The van der Waals surface area contributed by atoms with E-state index in [1.54, 1.807) is 0 Å². The largest absolute Gasteiger partial charge is 0.399 e. The van der Waals surface area contributed by atoms with Crippen molar-refractivity contribution in [1.82, 2.24) is 0 Å². The van der Waals surface area contributed by atoms with E-state index in [-0.39, 0.29) is 23.8 Å². The minimum atomic E-state index is 0.0532. The van der Waals surface area contributed by atoms with Gasteiger partial charge in [0.15, 0.2) is 0 Å². The first-order valence-corrected chi connectivity index (χ1v) is 1.94. The molecule has 1 nitrogen and oxygen atoms in total. The molecule has 2 N–H and O–H groups in total. The van der Waals surface area contributed by atoms with Gasteiger partial charge in [-0.2, -0.15) is 0 Å². The highest BCUT2D eigenvalue weighted by atomic mass is 14.6. The maximum absolute atomic E-state index is 7.14. The predicted octanol–water partition coefficient (Wildman–Crippen LogP) is 1.27. The summed E-state index contributed by atoms with van der Waals surface area (Å²) in [6, 6.07) is 2.89. The van der Waals surface area contributed by atoms with Crippen molar-refractivity contribution in [2.24, 2.45) is 0 Å². The summed E-state index contributed by atoms with van der Waals surface area (Å²) in [5, 5.41) is 0. The number of hydrogen-bond donors (Lipinski definition) is 1. The molecule has 0 atom stereocenters. The third-order valence-electron chi connectivity index (χ3n) is 0.622. The molecule has 0 spiro atoms. The van der Waals surface area contributed by atoms with Crippen LogP contribution in [0.4, 0.5) is 5.69 Å². The molecule has 0 heterocycles. The number of para-hydroxylation sites is 1. The molecular formula is C6H7N. The van der Waals surface area contributed by atoms with Gasteiger partial charge in [-0.25, -0.2) is 0 Å². The summed E-state index contributed by atoms with van der Waals surface area (Å²) in [5.74, 6) is 0. The van der Waals surface area contributed by atoms with Crippen molar-refractivity contribution in [3.05, 3.63) is 30.3 Å². The summed E-state index contributed by atoms with van der Waals surface area (Å²) in [6.07, 6.45) is 0. The van der Waals surface area contributed by atoms with E-state index in [1.807, 2.05) is 0 Å². The van der Waals surface area contributed by atoms with Gasteiger partial charge >= 0.3 is 0 Å². The van der Waals surface area contributed by atoms with Gasteiger partial charge in [0.2, 0.25) is 0 Å². The van der Waals surface area contributed by atoms with E-state index < -0.39 is 0 Å². The number of rotatable bonds is 0. The molecule has 1 aromatic rings. The van der Waals surface area contributed by atoms with Gasteiger partial charge in [0.05, 0.1) is 4.11 Å². The predicted molar refractivity (Wildman–Crippen MR) is 30.9 cm³/mol. The Bertz CT molecular complexity index is 236. The molecule has 0 aliphatic rings. The van der Waals surface area contributed by atoms with Crippen molar-refractivity contribution >= 4 is 5.69 Å². The first-order chi connectivity index (χ1) is 4.61. The number of benzene rings is 1. The van der Waals surface area contributed by atoms with E-state index in [2.05, 4.69) is 0 Å². The van der Waals surface area contributed by atoms with Crippen LogP contribution < -0.4 is 5.73 Å². The number of nitrogens with two attached hydrogens (primary N) is 1. The van der Waals surface area contributed by atoms with Crippen molar-refractivity contribution in [3.8, 4) is 0 Å². The maximum Gasteiger partial charge on any atom is 0.0644 e. The monoisotopic (exact) mass is 98.1 g/mol. The van der Waals surface area contributed by atoms with Gasteiger partial charge in [-0.1, -0.05) is 18.2 Å². The van der Waals surface area contributed by atoms with Gasteiger partial charge in [-0.05, 0) is 12.1 Å². The van der Waals surface area contributed by atoms with Crippen LogP contribution in [-0.2, 0) is 0 Å². The Kier molecular flexibility index (Phi) is 0.439. The molecule has 1 aromatic carbocycles. The number of anilines is 1. The average Bonchev–Trinajstić information content (AvgIpc) is 1.82. The Morgan fingerprint density at radius 1 is 1.43 bits per heavy atom. The lowest BCUT2D eigenvalue weighted by atomic mass is 10.5. The maximum atomic E-state index is 7.14. The number of nitrogen functional groups attached to an aromatic ring is 1. The highest BCUT2D eigenvalue weighted by Gasteiger charge is 1.72. The molecule has 0 radical (unpaired) electrons. The Hall–Kier alpha value is -0.980. The van der Waals surface area contributed by atoms with Crippen molar-refractivity contribution in [2.45, 2.75) is 0 Å². The summed E-state index contributed by atoms with van der Waals surface area (Å²) >= 11 is 0. The molecule has 1 heteroatoms. The van der Waals surface area contributed by atoms with E-state index in [0.29, 0.717) is 0 Å². The Labute approximate surface area is 47.0 Å². The quantitative estimate of drug-likeness (QED) is 0.486. The summed E-state index contributed by atoms with van der Waals surface area (Å²) < 4.78 is 21.4. The zero-order valence-corrected chi connectivity index (χ0v) is 3.73. The standard InChI is InChI=1S/C6H7N/c7-6-4-2-1-3-5-6/h1-5H,7H2/i1D,2+1,3+1,4D,5D. The number of hydrogen-bond acceptors (Lipinski definition) is 1. The second-order valence-electron chi connectivity index (χ2n) is 1.16. The van der Waals surface area contributed by atoms with E-state index in [1.165, 1.54) is 12.1 Å². The third kappa shape index (κ3) is 0.929. The normalized spacial score (nSPS) is 14.6. The molecule has 0 fully saturated rings. The molecule has 0 saturated heterocycles. The van der Waals surface area contributed by atoms with Crippen molar-refractivity contribution < 1.29 is 4.11 Å². The molecule has 0 amide bonds. The molecule has 7 heavy (non-hydrogen) atoms. The van der Waals surface area contributed by atoms with Gasteiger partial charge in [0.1, 0.15) is 0 Å². The van der Waals surface area contributed by atoms with Gasteiger partial charge < -0.3 is 5.73 Å².